The summed E-state index contributed by atoms with van der Waals surface area (Å²) in [4.78, 5) is 8.88. The number of H-pyrrole nitrogens is 1. The second-order valence-corrected chi connectivity index (χ2v) is 7.42. The van der Waals surface area contributed by atoms with Gasteiger partial charge < -0.3 is 4.98 Å². The van der Waals surface area contributed by atoms with Crippen LogP contribution in [0.1, 0.15) is 87.4 Å². The van der Waals surface area contributed by atoms with Crippen LogP contribution in [0.25, 0.3) is 11.4 Å². The van der Waals surface area contributed by atoms with Gasteiger partial charge in [-0.05, 0) is 25.7 Å². The number of imidazole rings is 1. The molecule has 0 saturated heterocycles. The number of nitrogens with zero attached hydrogens (tertiary/aromatic N) is 1. The van der Waals surface area contributed by atoms with Crippen LogP contribution in [0.15, 0.2) is 30.3 Å². The highest BCUT2D eigenvalue weighted by Gasteiger charge is 2.27. The SMILES string of the molecule is c1ccc(-c2nc(C3CCCCC3)c(C3CCCCC3)[nH]2)cc1. The molecule has 0 aliphatic heterocycles. The fourth-order valence-electron chi connectivity index (χ4n) is 4.52. The average Bonchev–Trinajstić information content (AvgIpc) is 3.09. The highest BCUT2D eigenvalue weighted by molar-refractivity contribution is 5.56. The van der Waals surface area contributed by atoms with Crippen molar-refractivity contribution in [1.29, 1.82) is 0 Å². The van der Waals surface area contributed by atoms with E-state index in [1.54, 1.807) is 0 Å². The molecule has 2 aromatic rings. The van der Waals surface area contributed by atoms with Gasteiger partial charge in [-0.1, -0.05) is 68.9 Å². The molecule has 1 heterocycles. The summed E-state index contributed by atoms with van der Waals surface area (Å²) in [6.07, 6.45) is 13.7. The average molecular weight is 308 g/mol. The van der Waals surface area contributed by atoms with Crippen LogP contribution in [0.4, 0.5) is 0 Å². The minimum Gasteiger partial charge on any atom is -0.341 e. The lowest BCUT2D eigenvalue weighted by Crippen LogP contribution is -2.12. The Bertz CT molecular complexity index is 581. The first-order chi connectivity index (χ1) is 11.4. The molecule has 0 bridgehead atoms. The van der Waals surface area contributed by atoms with Crippen LogP contribution < -0.4 is 0 Å². The number of rotatable bonds is 3. The number of nitrogens with one attached hydrogen (secondary N) is 1. The zero-order valence-electron chi connectivity index (χ0n) is 14.1. The van der Waals surface area contributed by atoms with Crippen molar-refractivity contribution >= 4 is 0 Å². The van der Waals surface area contributed by atoms with E-state index in [0.717, 1.165) is 5.82 Å². The molecule has 4 rings (SSSR count). The summed E-state index contributed by atoms with van der Waals surface area (Å²) in [5.41, 5.74) is 4.12. The van der Waals surface area contributed by atoms with Crippen molar-refractivity contribution in [3.63, 3.8) is 0 Å². The lowest BCUT2D eigenvalue weighted by molar-refractivity contribution is 0.411. The van der Waals surface area contributed by atoms with Crippen molar-refractivity contribution in [2.75, 3.05) is 0 Å². The van der Waals surface area contributed by atoms with Gasteiger partial charge in [-0.25, -0.2) is 4.98 Å². The zero-order valence-corrected chi connectivity index (χ0v) is 14.1. The minimum atomic E-state index is 0.689. The van der Waals surface area contributed by atoms with Gasteiger partial charge in [0, 0.05) is 23.1 Å². The first-order valence-corrected chi connectivity index (χ1v) is 9.57. The molecule has 0 spiro atoms. The zero-order chi connectivity index (χ0) is 15.5. The Labute approximate surface area is 139 Å². The van der Waals surface area contributed by atoms with Gasteiger partial charge in [0.1, 0.15) is 5.82 Å². The smallest absolute Gasteiger partial charge is 0.137 e. The van der Waals surface area contributed by atoms with Crippen molar-refractivity contribution in [2.45, 2.75) is 76.0 Å². The standard InChI is InChI=1S/C21H28N2/c1-4-10-16(11-5-1)19-20(17-12-6-2-7-13-17)23-21(22-19)18-14-8-3-9-15-18/h3,8-9,14-17H,1-2,4-7,10-13H2,(H,22,23). The van der Waals surface area contributed by atoms with Gasteiger partial charge in [0.25, 0.3) is 0 Å². The predicted octanol–water partition coefficient (Wildman–Crippen LogP) is 6.17. The van der Waals surface area contributed by atoms with Crippen LogP contribution >= 0.6 is 0 Å². The molecule has 1 aromatic carbocycles. The third kappa shape index (κ3) is 3.22. The monoisotopic (exact) mass is 308 g/mol. The van der Waals surface area contributed by atoms with E-state index < -0.39 is 0 Å². The van der Waals surface area contributed by atoms with Crippen LogP contribution in [-0.2, 0) is 0 Å². The maximum absolute atomic E-state index is 5.12. The van der Waals surface area contributed by atoms with Gasteiger partial charge in [-0.2, -0.15) is 0 Å². The molecule has 2 fully saturated rings. The molecule has 0 unspecified atom stereocenters. The molecule has 0 atom stereocenters. The molecule has 122 valence electrons. The lowest BCUT2D eigenvalue weighted by atomic mass is 9.81. The maximum Gasteiger partial charge on any atom is 0.137 e. The molecule has 2 nitrogen and oxygen atoms in total. The van der Waals surface area contributed by atoms with Gasteiger partial charge in [0.2, 0.25) is 0 Å². The minimum absolute atomic E-state index is 0.689. The Morgan fingerprint density at radius 2 is 1.35 bits per heavy atom. The van der Waals surface area contributed by atoms with E-state index in [1.165, 1.54) is 81.2 Å². The first kappa shape index (κ1) is 15.0. The van der Waals surface area contributed by atoms with Crippen LogP contribution in [-0.4, -0.2) is 9.97 Å². The van der Waals surface area contributed by atoms with E-state index in [1.807, 2.05) is 0 Å². The van der Waals surface area contributed by atoms with Crippen LogP contribution in [0.5, 0.6) is 0 Å². The van der Waals surface area contributed by atoms with Gasteiger partial charge in [0.15, 0.2) is 0 Å². The summed E-state index contributed by atoms with van der Waals surface area (Å²) in [5, 5.41) is 0. The third-order valence-electron chi connectivity index (χ3n) is 5.81. The predicted molar refractivity (Wildman–Crippen MR) is 95.7 cm³/mol. The number of aromatic amines is 1. The van der Waals surface area contributed by atoms with E-state index in [9.17, 15) is 0 Å². The summed E-state index contributed by atoms with van der Waals surface area (Å²) >= 11 is 0. The fraction of sp³-hybridized carbons (Fsp3) is 0.571. The lowest BCUT2D eigenvalue weighted by Gasteiger charge is -2.25. The van der Waals surface area contributed by atoms with Gasteiger partial charge in [-0.3, -0.25) is 0 Å². The van der Waals surface area contributed by atoms with Gasteiger partial charge in [-0.15, -0.1) is 0 Å². The molecule has 2 heteroatoms. The highest BCUT2D eigenvalue weighted by Crippen LogP contribution is 2.40. The molecule has 1 N–H and O–H groups in total. The Hall–Kier alpha value is -1.57. The second-order valence-electron chi connectivity index (χ2n) is 7.42. The first-order valence-electron chi connectivity index (χ1n) is 9.57. The highest BCUT2D eigenvalue weighted by atomic mass is 14.9. The summed E-state index contributed by atoms with van der Waals surface area (Å²) in [6, 6.07) is 10.6. The van der Waals surface area contributed by atoms with E-state index in [4.69, 9.17) is 4.98 Å². The Balaban J connectivity index is 1.70. The molecule has 2 aliphatic carbocycles. The van der Waals surface area contributed by atoms with E-state index >= 15 is 0 Å². The normalized spacial score (nSPS) is 20.7. The molecular weight excluding hydrogens is 280 g/mol. The topological polar surface area (TPSA) is 28.7 Å². The Morgan fingerprint density at radius 1 is 0.739 bits per heavy atom. The molecule has 23 heavy (non-hydrogen) atoms. The van der Waals surface area contributed by atoms with Crippen LogP contribution in [0.3, 0.4) is 0 Å². The van der Waals surface area contributed by atoms with Crippen LogP contribution in [0, 0.1) is 0 Å². The molecule has 1 aromatic heterocycles. The van der Waals surface area contributed by atoms with Crippen molar-refractivity contribution in [2.24, 2.45) is 0 Å². The van der Waals surface area contributed by atoms with Crippen molar-refractivity contribution in [3.8, 4) is 11.4 Å². The van der Waals surface area contributed by atoms with Gasteiger partial charge in [0.05, 0.1) is 5.69 Å². The quantitative estimate of drug-likeness (QED) is 0.721. The number of aromatic nitrogens is 2. The third-order valence-corrected chi connectivity index (χ3v) is 5.81. The molecule has 2 aliphatic rings. The maximum atomic E-state index is 5.12. The second kappa shape index (κ2) is 6.90. The largest absolute Gasteiger partial charge is 0.341 e. The van der Waals surface area contributed by atoms with E-state index in [0.29, 0.717) is 11.8 Å². The number of hydrogen-bond donors (Lipinski definition) is 1. The van der Waals surface area contributed by atoms with Crippen molar-refractivity contribution in [1.82, 2.24) is 9.97 Å². The molecular formula is C21H28N2. The van der Waals surface area contributed by atoms with Crippen LogP contribution in [0.2, 0.25) is 0 Å². The Morgan fingerprint density at radius 3 is 2.00 bits per heavy atom. The molecule has 0 radical (unpaired) electrons. The van der Waals surface area contributed by atoms with Crippen molar-refractivity contribution in [3.05, 3.63) is 41.7 Å². The summed E-state index contributed by atoms with van der Waals surface area (Å²) in [7, 11) is 0. The Kier molecular flexibility index (Phi) is 4.50. The molecule has 0 amide bonds. The fourth-order valence-corrected chi connectivity index (χ4v) is 4.52. The summed E-state index contributed by atoms with van der Waals surface area (Å²) in [6.45, 7) is 0. The summed E-state index contributed by atoms with van der Waals surface area (Å²) in [5.74, 6) is 2.49. The summed E-state index contributed by atoms with van der Waals surface area (Å²) < 4.78 is 0. The molecule has 2 saturated carbocycles. The van der Waals surface area contributed by atoms with E-state index in [2.05, 4.69) is 35.3 Å². The van der Waals surface area contributed by atoms with E-state index in [-0.39, 0.29) is 0 Å². The van der Waals surface area contributed by atoms with Gasteiger partial charge >= 0.3 is 0 Å². The number of benzene rings is 1. The number of hydrogen-bond acceptors (Lipinski definition) is 1. The van der Waals surface area contributed by atoms with Crippen molar-refractivity contribution < 1.29 is 0 Å².